The number of nitrogens with one attached hydrogen (secondary N) is 1. The summed E-state index contributed by atoms with van der Waals surface area (Å²) < 4.78 is 5.86. The topological polar surface area (TPSA) is 41.3 Å². The molecule has 1 saturated heterocycles. The number of hydrogen-bond acceptors (Lipinski definition) is 4. The van der Waals surface area contributed by atoms with Crippen LogP contribution in [0.5, 0.6) is 0 Å². The van der Waals surface area contributed by atoms with E-state index in [-0.39, 0.29) is 0 Å². The number of aromatic nitrogens is 1. The molecule has 0 saturated carbocycles. The highest BCUT2D eigenvalue weighted by molar-refractivity contribution is 5.74. The number of anilines is 1. The van der Waals surface area contributed by atoms with Gasteiger partial charge in [-0.15, -0.1) is 0 Å². The molecule has 4 nitrogen and oxygen atoms in total. The first-order valence-electron chi connectivity index (χ1n) is 7.18. The lowest BCUT2D eigenvalue weighted by molar-refractivity contribution is 0.368. The number of benzene rings is 1. The molecule has 4 heteroatoms. The number of para-hydroxylation sites is 2. The maximum Gasteiger partial charge on any atom is 0.298 e. The van der Waals surface area contributed by atoms with Crippen molar-refractivity contribution in [2.24, 2.45) is 5.92 Å². The summed E-state index contributed by atoms with van der Waals surface area (Å²) in [6.07, 6.45) is 2.49. The van der Waals surface area contributed by atoms with Gasteiger partial charge in [-0.25, -0.2) is 0 Å². The lowest BCUT2D eigenvalue weighted by atomic mass is 9.98. The van der Waals surface area contributed by atoms with E-state index in [1.165, 1.54) is 12.8 Å². The van der Waals surface area contributed by atoms with Gasteiger partial charge in [-0.05, 0) is 50.9 Å². The van der Waals surface area contributed by atoms with Crippen LogP contribution in [0.25, 0.3) is 11.1 Å². The van der Waals surface area contributed by atoms with Crippen LogP contribution in [-0.4, -0.2) is 31.2 Å². The van der Waals surface area contributed by atoms with Gasteiger partial charge in [-0.3, -0.25) is 0 Å². The number of fused-ring (bicyclic) bond motifs is 1. The fourth-order valence-corrected chi connectivity index (χ4v) is 2.71. The van der Waals surface area contributed by atoms with Crippen LogP contribution in [0.15, 0.2) is 28.7 Å². The second-order valence-corrected chi connectivity index (χ2v) is 5.20. The molecule has 2 heterocycles. The molecule has 0 radical (unpaired) electrons. The van der Waals surface area contributed by atoms with Crippen LogP contribution in [0.4, 0.5) is 6.01 Å². The second kappa shape index (κ2) is 5.61. The molecule has 1 fully saturated rings. The number of rotatable bonds is 4. The molecule has 1 aromatic heterocycles. The molecule has 0 aliphatic carbocycles. The van der Waals surface area contributed by atoms with E-state index in [1.807, 2.05) is 24.3 Å². The normalized spacial score (nSPS) is 16.9. The number of piperidine rings is 1. The van der Waals surface area contributed by atoms with E-state index < -0.39 is 0 Å². The Hall–Kier alpha value is -1.55. The molecule has 0 spiro atoms. The Kier molecular flexibility index (Phi) is 3.69. The Bertz CT molecular complexity index is 498. The maximum atomic E-state index is 5.86. The van der Waals surface area contributed by atoms with Crippen molar-refractivity contribution >= 4 is 17.1 Å². The van der Waals surface area contributed by atoms with E-state index in [9.17, 15) is 0 Å². The summed E-state index contributed by atoms with van der Waals surface area (Å²) in [6, 6.07) is 8.73. The summed E-state index contributed by atoms with van der Waals surface area (Å²) in [5.41, 5.74) is 1.82. The van der Waals surface area contributed by atoms with Gasteiger partial charge in [0.1, 0.15) is 5.52 Å². The van der Waals surface area contributed by atoms with Crippen molar-refractivity contribution in [3.05, 3.63) is 24.3 Å². The molecule has 0 bridgehead atoms. The quantitative estimate of drug-likeness (QED) is 0.916. The van der Waals surface area contributed by atoms with Crippen LogP contribution < -0.4 is 10.2 Å². The summed E-state index contributed by atoms with van der Waals surface area (Å²) in [7, 11) is 0. The van der Waals surface area contributed by atoms with Crippen molar-refractivity contribution in [1.82, 2.24) is 10.3 Å². The van der Waals surface area contributed by atoms with Gasteiger partial charge < -0.3 is 14.6 Å². The van der Waals surface area contributed by atoms with Gasteiger partial charge in [0.2, 0.25) is 0 Å². The highest BCUT2D eigenvalue weighted by atomic mass is 16.4. The standard InChI is InChI=1S/C15H21N3O/c1-2-18(11-12-7-9-16-10-8-12)15-17-13-5-3-4-6-14(13)19-15/h3-6,12,16H,2,7-11H2,1H3. The Morgan fingerprint density at radius 2 is 2.11 bits per heavy atom. The van der Waals surface area contributed by atoms with Crippen LogP contribution in [-0.2, 0) is 0 Å². The molecule has 3 rings (SSSR count). The van der Waals surface area contributed by atoms with Crippen molar-refractivity contribution in [3.8, 4) is 0 Å². The minimum absolute atomic E-state index is 0.746. The van der Waals surface area contributed by atoms with Gasteiger partial charge in [-0.2, -0.15) is 4.98 Å². The van der Waals surface area contributed by atoms with Crippen molar-refractivity contribution < 1.29 is 4.42 Å². The van der Waals surface area contributed by atoms with E-state index in [4.69, 9.17) is 4.42 Å². The Labute approximate surface area is 113 Å². The zero-order valence-electron chi connectivity index (χ0n) is 11.4. The average molecular weight is 259 g/mol. The van der Waals surface area contributed by atoms with Crippen molar-refractivity contribution in [2.45, 2.75) is 19.8 Å². The van der Waals surface area contributed by atoms with Crippen molar-refractivity contribution in [1.29, 1.82) is 0 Å². The van der Waals surface area contributed by atoms with E-state index in [2.05, 4.69) is 22.1 Å². The van der Waals surface area contributed by atoms with Gasteiger partial charge in [0, 0.05) is 13.1 Å². The molecular formula is C15H21N3O. The lowest BCUT2D eigenvalue weighted by Gasteiger charge is -2.28. The molecule has 1 N–H and O–H groups in total. The van der Waals surface area contributed by atoms with Crippen LogP contribution in [0.2, 0.25) is 0 Å². The molecule has 19 heavy (non-hydrogen) atoms. The molecule has 0 atom stereocenters. The molecule has 0 amide bonds. The second-order valence-electron chi connectivity index (χ2n) is 5.20. The SMILES string of the molecule is CCN(CC1CCNCC1)c1nc2ccccc2o1. The third kappa shape index (κ3) is 2.73. The monoisotopic (exact) mass is 259 g/mol. The number of oxazole rings is 1. The molecule has 0 unspecified atom stereocenters. The average Bonchev–Trinajstić information content (AvgIpc) is 2.89. The summed E-state index contributed by atoms with van der Waals surface area (Å²) >= 11 is 0. The Balaban J connectivity index is 1.76. The van der Waals surface area contributed by atoms with E-state index >= 15 is 0 Å². The van der Waals surface area contributed by atoms with Gasteiger partial charge >= 0.3 is 0 Å². The lowest BCUT2D eigenvalue weighted by Crippen LogP contribution is -2.36. The van der Waals surface area contributed by atoms with Crippen molar-refractivity contribution in [2.75, 3.05) is 31.1 Å². The summed E-state index contributed by atoms with van der Waals surface area (Å²) in [5, 5.41) is 3.41. The third-order valence-corrected chi connectivity index (χ3v) is 3.87. The van der Waals surface area contributed by atoms with Crippen LogP contribution in [0.3, 0.4) is 0 Å². The highest BCUT2D eigenvalue weighted by Gasteiger charge is 2.19. The van der Waals surface area contributed by atoms with Crippen LogP contribution in [0, 0.1) is 5.92 Å². The maximum absolute atomic E-state index is 5.86. The fraction of sp³-hybridized carbons (Fsp3) is 0.533. The van der Waals surface area contributed by atoms with Gasteiger partial charge in [0.25, 0.3) is 6.01 Å². The summed E-state index contributed by atoms with van der Waals surface area (Å²) in [4.78, 5) is 6.85. The number of nitrogens with zero attached hydrogens (tertiary/aromatic N) is 2. The van der Waals surface area contributed by atoms with Crippen LogP contribution >= 0.6 is 0 Å². The van der Waals surface area contributed by atoms with Gasteiger partial charge in [0.05, 0.1) is 0 Å². The summed E-state index contributed by atoms with van der Waals surface area (Å²) in [6.45, 7) is 6.42. The van der Waals surface area contributed by atoms with E-state index in [0.29, 0.717) is 0 Å². The molecule has 1 aliphatic heterocycles. The third-order valence-electron chi connectivity index (χ3n) is 3.87. The molecule has 102 valence electrons. The predicted molar refractivity (Wildman–Crippen MR) is 77.5 cm³/mol. The smallest absolute Gasteiger partial charge is 0.298 e. The number of hydrogen-bond donors (Lipinski definition) is 1. The highest BCUT2D eigenvalue weighted by Crippen LogP contribution is 2.23. The molecule has 1 aliphatic rings. The molecular weight excluding hydrogens is 238 g/mol. The van der Waals surface area contributed by atoms with Crippen molar-refractivity contribution in [3.63, 3.8) is 0 Å². The Morgan fingerprint density at radius 3 is 2.84 bits per heavy atom. The predicted octanol–water partition coefficient (Wildman–Crippen LogP) is 2.65. The molecule has 2 aromatic rings. The molecule has 1 aromatic carbocycles. The van der Waals surface area contributed by atoms with E-state index in [0.717, 1.165) is 49.2 Å². The van der Waals surface area contributed by atoms with Gasteiger partial charge in [-0.1, -0.05) is 12.1 Å². The van der Waals surface area contributed by atoms with E-state index in [1.54, 1.807) is 0 Å². The largest absolute Gasteiger partial charge is 0.423 e. The zero-order chi connectivity index (χ0) is 13.1. The van der Waals surface area contributed by atoms with Gasteiger partial charge in [0.15, 0.2) is 5.58 Å². The fourth-order valence-electron chi connectivity index (χ4n) is 2.71. The minimum atomic E-state index is 0.746. The van der Waals surface area contributed by atoms with Crippen LogP contribution in [0.1, 0.15) is 19.8 Å². The summed E-state index contributed by atoms with van der Waals surface area (Å²) in [5.74, 6) is 0.746. The first-order valence-corrected chi connectivity index (χ1v) is 7.18. The zero-order valence-corrected chi connectivity index (χ0v) is 11.4. The minimum Gasteiger partial charge on any atom is -0.423 e. The Morgan fingerprint density at radius 1 is 1.32 bits per heavy atom. The first-order chi connectivity index (χ1) is 9.36. The first kappa shape index (κ1) is 12.5.